The molecule has 28 heavy (non-hydrogen) atoms. The molecule has 3 aromatic rings. The molecule has 1 heterocycles. The van der Waals surface area contributed by atoms with Crippen LogP contribution in [0.15, 0.2) is 47.8 Å². The van der Waals surface area contributed by atoms with Gasteiger partial charge in [0, 0.05) is 34.9 Å². The van der Waals surface area contributed by atoms with Gasteiger partial charge in [-0.1, -0.05) is 18.2 Å². The number of nitrogens with zero attached hydrogens (tertiary/aromatic N) is 1. The molecule has 0 unspecified atom stereocenters. The number of rotatable bonds is 6. The minimum Gasteiger partial charge on any atom is -0.376 e. The Morgan fingerprint density at radius 2 is 1.79 bits per heavy atom. The van der Waals surface area contributed by atoms with Gasteiger partial charge in [0.2, 0.25) is 11.8 Å². The predicted octanol–water partition coefficient (Wildman–Crippen LogP) is 4.44. The van der Waals surface area contributed by atoms with Crippen LogP contribution in [0.4, 0.5) is 17.1 Å². The molecule has 6 nitrogen and oxygen atoms in total. The molecular weight excluding hydrogens is 372 g/mol. The van der Waals surface area contributed by atoms with Gasteiger partial charge in [-0.05, 0) is 43.7 Å². The zero-order chi connectivity index (χ0) is 20.1. The average Bonchev–Trinajstić information content (AvgIpc) is 3.09. The van der Waals surface area contributed by atoms with E-state index in [-0.39, 0.29) is 18.4 Å². The summed E-state index contributed by atoms with van der Waals surface area (Å²) >= 11 is 1.60. The van der Waals surface area contributed by atoms with Crippen molar-refractivity contribution in [2.24, 2.45) is 0 Å². The first-order valence-corrected chi connectivity index (χ1v) is 9.74. The van der Waals surface area contributed by atoms with Crippen LogP contribution in [-0.4, -0.2) is 23.3 Å². The molecule has 3 N–H and O–H groups in total. The number of carbonyl (C=O) groups is 2. The summed E-state index contributed by atoms with van der Waals surface area (Å²) in [5.41, 5.74) is 5.00. The van der Waals surface area contributed by atoms with Crippen molar-refractivity contribution in [1.29, 1.82) is 0 Å². The zero-order valence-corrected chi connectivity index (χ0v) is 16.8. The van der Waals surface area contributed by atoms with Crippen LogP contribution in [-0.2, 0) is 9.59 Å². The Bertz CT molecular complexity index is 1010. The molecule has 0 aliphatic rings. The Morgan fingerprint density at radius 3 is 2.50 bits per heavy atom. The van der Waals surface area contributed by atoms with Crippen molar-refractivity contribution in [1.82, 2.24) is 4.98 Å². The van der Waals surface area contributed by atoms with Crippen molar-refractivity contribution < 1.29 is 9.59 Å². The topological polar surface area (TPSA) is 83.1 Å². The Morgan fingerprint density at radius 1 is 1.04 bits per heavy atom. The van der Waals surface area contributed by atoms with Crippen LogP contribution in [0.3, 0.4) is 0 Å². The Balaban J connectivity index is 1.63. The highest BCUT2D eigenvalue weighted by Gasteiger charge is 2.09. The summed E-state index contributed by atoms with van der Waals surface area (Å²) in [5.74, 6) is -0.288. The number of nitrogens with one attached hydrogen (secondary N) is 3. The molecule has 0 saturated heterocycles. The molecule has 0 bridgehead atoms. The second kappa shape index (κ2) is 8.67. The van der Waals surface area contributed by atoms with E-state index in [0.29, 0.717) is 0 Å². The fourth-order valence-corrected chi connectivity index (χ4v) is 3.41. The third kappa shape index (κ3) is 4.95. The van der Waals surface area contributed by atoms with Crippen molar-refractivity contribution in [2.75, 3.05) is 22.5 Å². The van der Waals surface area contributed by atoms with Gasteiger partial charge in [-0.15, -0.1) is 11.3 Å². The zero-order valence-electron chi connectivity index (χ0n) is 16.0. The molecule has 3 rings (SSSR count). The number of hydrogen-bond acceptors (Lipinski definition) is 5. The van der Waals surface area contributed by atoms with Gasteiger partial charge in [0.05, 0.1) is 17.2 Å². The number of anilines is 3. The predicted molar refractivity (Wildman–Crippen MR) is 115 cm³/mol. The summed E-state index contributed by atoms with van der Waals surface area (Å²) in [7, 11) is 0. The highest BCUT2D eigenvalue weighted by molar-refractivity contribution is 7.09. The first-order chi connectivity index (χ1) is 13.4. The monoisotopic (exact) mass is 394 g/mol. The molecule has 144 valence electrons. The van der Waals surface area contributed by atoms with E-state index < -0.39 is 0 Å². The second-order valence-electron chi connectivity index (χ2n) is 6.39. The lowest BCUT2D eigenvalue weighted by atomic mass is 10.1. The third-order valence-corrected chi connectivity index (χ3v) is 4.92. The largest absolute Gasteiger partial charge is 0.376 e. The number of aryl methyl sites for hydroxylation is 1. The average molecular weight is 395 g/mol. The number of hydrogen-bond donors (Lipinski definition) is 3. The van der Waals surface area contributed by atoms with Gasteiger partial charge in [0.1, 0.15) is 0 Å². The van der Waals surface area contributed by atoms with Crippen LogP contribution in [0, 0.1) is 13.8 Å². The lowest BCUT2D eigenvalue weighted by molar-refractivity contribution is -0.115. The smallest absolute Gasteiger partial charge is 0.243 e. The van der Waals surface area contributed by atoms with Crippen LogP contribution >= 0.6 is 11.3 Å². The van der Waals surface area contributed by atoms with Crippen LogP contribution in [0.2, 0.25) is 0 Å². The minimum atomic E-state index is -0.157. The quantitative estimate of drug-likeness (QED) is 0.577. The molecule has 0 spiro atoms. The van der Waals surface area contributed by atoms with E-state index in [1.54, 1.807) is 11.3 Å². The minimum absolute atomic E-state index is 0.115. The lowest BCUT2D eigenvalue weighted by Gasteiger charge is -2.13. The van der Waals surface area contributed by atoms with Gasteiger partial charge < -0.3 is 16.0 Å². The summed E-state index contributed by atoms with van der Waals surface area (Å²) in [6, 6.07) is 13.2. The van der Waals surface area contributed by atoms with E-state index in [1.807, 2.05) is 61.7 Å². The maximum absolute atomic E-state index is 12.4. The van der Waals surface area contributed by atoms with E-state index in [1.165, 1.54) is 6.92 Å². The van der Waals surface area contributed by atoms with Crippen molar-refractivity contribution in [3.05, 3.63) is 58.4 Å². The van der Waals surface area contributed by atoms with E-state index in [2.05, 4.69) is 20.9 Å². The highest BCUT2D eigenvalue weighted by atomic mass is 32.1. The SMILES string of the molecule is CC(=O)Nc1cccc(NCC(=O)Nc2cccc(-c3csc(C)n3)c2)c1C. The van der Waals surface area contributed by atoms with E-state index in [4.69, 9.17) is 0 Å². The molecule has 1 aromatic heterocycles. The Kier molecular flexibility index (Phi) is 6.06. The third-order valence-electron chi connectivity index (χ3n) is 4.14. The molecule has 2 amide bonds. The van der Waals surface area contributed by atoms with Crippen molar-refractivity contribution in [3.8, 4) is 11.3 Å². The second-order valence-corrected chi connectivity index (χ2v) is 7.46. The van der Waals surface area contributed by atoms with Gasteiger partial charge >= 0.3 is 0 Å². The standard InChI is InChI=1S/C21H22N4O2S/c1-13-18(8-5-9-19(13)23-14(2)26)22-11-21(27)25-17-7-4-6-16(10-17)20-12-28-15(3)24-20/h4-10,12,22H,11H2,1-3H3,(H,23,26)(H,25,27). The summed E-state index contributed by atoms with van der Waals surface area (Å²) in [4.78, 5) is 28.1. The molecule has 2 aromatic carbocycles. The molecule has 0 aliphatic carbocycles. The molecule has 0 fully saturated rings. The van der Waals surface area contributed by atoms with Crippen LogP contribution in [0.1, 0.15) is 17.5 Å². The van der Waals surface area contributed by atoms with Crippen molar-refractivity contribution >= 4 is 40.2 Å². The molecule has 0 radical (unpaired) electrons. The molecular formula is C21H22N4O2S. The number of benzene rings is 2. The van der Waals surface area contributed by atoms with Gasteiger partial charge in [-0.3, -0.25) is 9.59 Å². The Hall–Kier alpha value is -3.19. The molecule has 0 saturated carbocycles. The van der Waals surface area contributed by atoms with Crippen LogP contribution in [0.5, 0.6) is 0 Å². The maximum Gasteiger partial charge on any atom is 0.243 e. The number of aromatic nitrogens is 1. The molecule has 0 aliphatic heterocycles. The van der Waals surface area contributed by atoms with Gasteiger partial charge in [0.25, 0.3) is 0 Å². The van der Waals surface area contributed by atoms with Gasteiger partial charge in [-0.25, -0.2) is 4.98 Å². The van der Waals surface area contributed by atoms with Gasteiger partial charge in [-0.2, -0.15) is 0 Å². The maximum atomic E-state index is 12.4. The highest BCUT2D eigenvalue weighted by Crippen LogP contribution is 2.25. The van der Waals surface area contributed by atoms with Gasteiger partial charge in [0.15, 0.2) is 0 Å². The Labute approximate surface area is 168 Å². The normalized spacial score (nSPS) is 10.4. The number of carbonyl (C=O) groups excluding carboxylic acids is 2. The lowest BCUT2D eigenvalue weighted by Crippen LogP contribution is -2.22. The van der Waals surface area contributed by atoms with Crippen LogP contribution in [0.25, 0.3) is 11.3 Å². The summed E-state index contributed by atoms with van der Waals surface area (Å²) in [6.45, 7) is 5.44. The van der Waals surface area contributed by atoms with Crippen molar-refractivity contribution in [3.63, 3.8) is 0 Å². The summed E-state index contributed by atoms with van der Waals surface area (Å²) in [6.07, 6.45) is 0. The fourth-order valence-electron chi connectivity index (χ4n) is 2.79. The molecule has 0 atom stereocenters. The first-order valence-electron chi connectivity index (χ1n) is 8.86. The van der Waals surface area contributed by atoms with E-state index >= 15 is 0 Å². The number of thiazole rings is 1. The fraction of sp³-hybridized carbons (Fsp3) is 0.190. The summed E-state index contributed by atoms with van der Waals surface area (Å²) in [5, 5.41) is 11.8. The van der Waals surface area contributed by atoms with Crippen LogP contribution < -0.4 is 16.0 Å². The first kappa shape index (κ1) is 19.6. The number of amides is 2. The summed E-state index contributed by atoms with van der Waals surface area (Å²) < 4.78 is 0. The molecule has 7 heteroatoms. The van der Waals surface area contributed by atoms with Crippen molar-refractivity contribution in [2.45, 2.75) is 20.8 Å². The van der Waals surface area contributed by atoms with E-state index in [9.17, 15) is 9.59 Å². The van der Waals surface area contributed by atoms with E-state index in [0.717, 1.165) is 38.9 Å².